The maximum absolute atomic E-state index is 14.1. The number of hydrogen-bond acceptors (Lipinski definition) is 3. The third-order valence-corrected chi connectivity index (χ3v) is 5.33. The Morgan fingerprint density at radius 3 is 2.62 bits per heavy atom. The predicted molar refractivity (Wildman–Crippen MR) is 99.0 cm³/mol. The number of rotatable bonds is 2. The van der Waals surface area contributed by atoms with Crippen molar-refractivity contribution in [3.63, 3.8) is 0 Å². The van der Waals surface area contributed by atoms with E-state index in [0.29, 0.717) is 5.39 Å². The highest BCUT2D eigenvalue weighted by atomic mass is 32.2. The van der Waals surface area contributed by atoms with Crippen LogP contribution in [0, 0.1) is 11.6 Å². The average molecular weight is 346 g/mol. The number of amidine groups is 1. The van der Waals surface area contributed by atoms with Gasteiger partial charge in [0.1, 0.15) is 11.6 Å². The van der Waals surface area contributed by atoms with Crippen LogP contribution in [-0.4, -0.2) is 23.2 Å². The highest BCUT2D eigenvalue weighted by Gasteiger charge is 2.33. The van der Waals surface area contributed by atoms with Crippen LogP contribution in [0.3, 0.4) is 0 Å². The molecule has 2 nitrogen and oxygen atoms in total. The Balaban J connectivity index is 0.000000815. The van der Waals surface area contributed by atoms with Gasteiger partial charge in [-0.05, 0) is 30.0 Å². The lowest BCUT2D eigenvalue weighted by molar-refractivity contribution is 0.607. The van der Waals surface area contributed by atoms with Crippen LogP contribution in [0.15, 0.2) is 40.2 Å². The molecule has 0 saturated carbocycles. The van der Waals surface area contributed by atoms with Crippen LogP contribution < -0.4 is 0 Å². The van der Waals surface area contributed by atoms with E-state index in [-0.39, 0.29) is 5.39 Å². The summed E-state index contributed by atoms with van der Waals surface area (Å²) in [4.78, 5) is 7.87. The molecular formula is C19H20F2N2S. The zero-order valence-electron chi connectivity index (χ0n) is 14.1. The van der Waals surface area contributed by atoms with E-state index >= 15 is 0 Å². The first-order valence-corrected chi connectivity index (χ1v) is 9.12. The van der Waals surface area contributed by atoms with Crippen LogP contribution in [0.4, 0.5) is 8.78 Å². The van der Waals surface area contributed by atoms with Crippen molar-refractivity contribution in [2.45, 2.75) is 27.2 Å². The Hall–Kier alpha value is -1.88. The van der Waals surface area contributed by atoms with Gasteiger partial charge < -0.3 is 4.90 Å². The molecule has 0 amide bonds. The zero-order chi connectivity index (χ0) is 17.3. The first kappa shape index (κ1) is 17.0. The van der Waals surface area contributed by atoms with Crippen molar-refractivity contribution in [2.75, 3.05) is 13.1 Å². The fraction of sp³-hybridized carbons (Fsp3) is 0.316. The van der Waals surface area contributed by atoms with Crippen molar-refractivity contribution in [1.82, 2.24) is 4.90 Å². The molecule has 0 aliphatic carbocycles. The SMILES string of the molecule is CC.CCC1=C(c2ccc(F)c3c(F)cccc23)N2CCN=C2S1. The maximum atomic E-state index is 14.1. The molecule has 0 saturated heterocycles. The van der Waals surface area contributed by atoms with Crippen LogP contribution in [0.2, 0.25) is 0 Å². The molecule has 2 aromatic carbocycles. The monoisotopic (exact) mass is 346 g/mol. The van der Waals surface area contributed by atoms with Crippen LogP contribution in [-0.2, 0) is 0 Å². The largest absolute Gasteiger partial charge is 0.318 e. The lowest BCUT2D eigenvalue weighted by Crippen LogP contribution is -2.20. The Labute approximate surface area is 145 Å². The van der Waals surface area contributed by atoms with E-state index in [2.05, 4.69) is 16.8 Å². The number of thioether (sulfide) groups is 1. The highest BCUT2D eigenvalue weighted by molar-refractivity contribution is 8.17. The van der Waals surface area contributed by atoms with Gasteiger partial charge in [-0.1, -0.05) is 44.7 Å². The minimum absolute atomic E-state index is 0.0672. The first-order chi connectivity index (χ1) is 11.7. The second-order valence-corrected chi connectivity index (χ2v) is 6.36. The Morgan fingerprint density at radius 1 is 1.12 bits per heavy atom. The zero-order valence-corrected chi connectivity index (χ0v) is 14.9. The molecule has 0 aromatic heterocycles. The smallest absolute Gasteiger partial charge is 0.168 e. The highest BCUT2D eigenvalue weighted by Crippen LogP contribution is 2.45. The number of benzene rings is 2. The Kier molecular flexibility index (Phi) is 4.90. The van der Waals surface area contributed by atoms with Gasteiger partial charge in [0.15, 0.2) is 5.17 Å². The molecule has 126 valence electrons. The van der Waals surface area contributed by atoms with Gasteiger partial charge in [0.05, 0.1) is 17.6 Å². The quantitative estimate of drug-likeness (QED) is 0.699. The molecule has 2 aliphatic heterocycles. The van der Waals surface area contributed by atoms with Gasteiger partial charge in [-0.2, -0.15) is 0 Å². The molecule has 0 atom stereocenters. The molecule has 0 fully saturated rings. The number of nitrogens with zero attached hydrogens (tertiary/aromatic N) is 2. The number of allylic oxidation sites excluding steroid dienone is 1. The topological polar surface area (TPSA) is 15.6 Å². The molecule has 0 bridgehead atoms. The molecule has 0 unspecified atom stereocenters. The molecule has 2 heterocycles. The van der Waals surface area contributed by atoms with E-state index in [9.17, 15) is 8.78 Å². The van der Waals surface area contributed by atoms with Gasteiger partial charge in [-0.3, -0.25) is 4.99 Å². The molecule has 0 radical (unpaired) electrons. The molecule has 0 spiro atoms. The van der Waals surface area contributed by atoms with Gasteiger partial charge >= 0.3 is 0 Å². The number of fused-ring (bicyclic) bond motifs is 2. The van der Waals surface area contributed by atoms with Crippen molar-refractivity contribution in [1.29, 1.82) is 0 Å². The van der Waals surface area contributed by atoms with Gasteiger partial charge in [0.2, 0.25) is 0 Å². The molecule has 2 aromatic rings. The van der Waals surface area contributed by atoms with Gasteiger partial charge in [-0.25, -0.2) is 8.78 Å². The standard InChI is InChI=1S/C17H14F2N2S.C2H6/c1-2-14-16(21-9-8-20-17(21)22-14)11-6-7-13(19)15-10(11)4-3-5-12(15)18;1-2/h3-7H,2,8-9H2,1H3;1-2H3. The molecule has 0 N–H and O–H groups in total. The van der Waals surface area contributed by atoms with E-state index in [1.165, 1.54) is 17.0 Å². The summed E-state index contributed by atoms with van der Waals surface area (Å²) in [6, 6.07) is 7.83. The number of aliphatic imine (C=N–C) groups is 1. The first-order valence-electron chi connectivity index (χ1n) is 8.30. The normalized spacial score (nSPS) is 16.2. The summed E-state index contributed by atoms with van der Waals surface area (Å²) in [6.45, 7) is 7.70. The van der Waals surface area contributed by atoms with Crippen molar-refractivity contribution in [3.8, 4) is 0 Å². The Bertz CT molecular complexity index is 834. The van der Waals surface area contributed by atoms with E-state index in [0.717, 1.165) is 35.9 Å². The third kappa shape index (κ3) is 2.61. The fourth-order valence-electron chi connectivity index (χ4n) is 3.09. The van der Waals surface area contributed by atoms with E-state index in [1.54, 1.807) is 30.0 Å². The molecular weight excluding hydrogens is 326 g/mol. The molecule has 24 heavy (non-hydrogen) atoms. The minimum atomic E-state index is -0.517. The van der Waals surface area contributed by atoms with Crippen molar-refractivity contribution in [2.24, 2.45) is 4.99 Å². The average Bonchev–Trinajstić information content (AvgIpc) is 3.18. The van der Waals surface area contributed by atoms with E-state index in [1.807, 2.05) is 13.8 Å². The molecule has 5 heteroatoms. The maximum Gasteiger partial charge on any atom is 0.168 e. The minimum Gasteiger partial charge on any atom is -0.318 e. The van der Waals surface area contributed by atoms with Crippen molar-refractivity contribution >= 4 is 33.4 Å². The van der Waals surface area contributed by atoms with Crippen LogP contribution in [0.5, 0.6) is 0 Å². The number of halogens is 2. The van der Waals surface area contributed by atoms with Gasteiger partial charge in [0.25, 0.3) is 0 Å². The van der Waals surface area contributed by atoms with Gasteiger partial charge in [-0.15, -0.1) is 0 Å². The summed E-state index contributed by atoms with van der Waals surface area (Å²) in [5.74, 6) is -1.03. The van der Waals surface area contributed by atoms with Crippen LogP contribution >= 0.6 is 11.8 Å². The summed E-state index contributed by atoms with van der Waals surface area (Å²) >= 11 is 1.67. The lowest BCUT2D eigenvalue weighted by Gasteiger charge is -2.19. The second-order valence-electron chi connectivity index (χ2n) is 5.30. The number of hydrogen-bond donors (Lipinski definition) is 0. The summed E-state index contributed by atoms with van der Waals surface area (Å²) < 4.78 is 28.1. The van der Waals surface area contributed by atoms with Crippen LogP contribution in [0.1, 0.15) is 32.8 Å². The van der Waals surface area contributed by atoms with Crippen molar-refractivity contribution < 1.29 is 8.78 Å². The lowest BCUT2D eigenvalue weighted by atomic mass is 10.00. The fourth-order valence-corrected chi connectivity index (χ4v) is 4.22. The summed E-state index contributed by atoms with van der Waals surface area (Å²) in [7, 11) is 0. The summed E-state index contributed by atoms with van der Waals surface area (Å²) in [6.07, 6.45) is 0.879. The predicted octanol–water partition coefficient (Wildman–Crippen LogP) is 5.64. The molecule has 2 aliphatic rings. The van der Waals surface area contributed by atoms with Gasteiger partial charge in [0, 0.05) is 17.0 Å². The Morgan fingerprint density at radius 2 is 1.88 bits per heavy atom. The second kappa shape index (κ2) is 6.93. The van der Waals surface area contributed by atoms with Crippen LogP contribution in [0.25, 0.3) is 16.5 Å². The van der Waals surface area contributed by atoms with Crippen molar-refractivity contribution in [3.05, 3.63) is 52.4 Å². The summed E-state index contributed by atoms with van der Waals surface area (Å²) in [5.41, 5.74) is 1.94. The van der Waals surface area contributed by atoms with E-state index < -0.39 is 11.6 Å². The third-order valence-electron chi connectivity index (χ3n) is 4.07. The molecule has 4 rings (SSSR count). The summed E-state index contributed by atoms with van der Waals surface area (Å²) in [5, 5.41) is 1.69. The van der Waals surface area contributed by atoms with E-state index in [4.69, 9.17) is 0 Å².